The van der Waals surface area contributed by atoms with Crippen molar-refractivity contribution in [3.63, 3.8) is 0 Å². The Balaban J connectivity index is 1.69. The number of nitrogens with zero attached hydrogens (tertiary/aromatic N) is 3. The van der Waals surface area contributed by atoms with Gasteiger partial charge in [0.15, 0.2) is 11.4 Å². The van der Waals surface area contributed by atoms with Gasteiger partial charge in [0.05, 0.1) is 19.0 Å². The molecule has 0 atom stereocenters. The van der Waals surface area contributed by atoms with Crippen molar-refractivity contribution in [3.8, 4) is 11.4 Å². The molecule has 2 heterocycles. The predicted molar refractivity (Wildman–Crippen MR) is 90.4 cm³/mol. The molecule has 0 unspecified atom stereocenters. The minimum atomic E-state index is -0.266. The van der Waals surface area contributed by atoms with Gasteiger partial charge in [-0.25, -0.2) is 4.68 Å². The Morgan fingerprint density at radius 2 is 1.96 bits per heavy atom. The molecular formula is C18H18N4O2. The van der Waals surface area contributed by atoms with Crippen LogP contribution in [0, 0.1) is 0 Å². The first-order valence-corrected chi connectivity index (χ1v) is 7.65. The minimum absolute atomic E-state index is 0.266. The number of aromatic nitrogens is 3. The summed E-state index contributed by atoms with van der Waals surface area (Å²) in [7, 11) is 1.52. The summed E-state index contributed by atoms with van der Waals surface area (Å²) in [6.45, 7) is 0.483. The quantitative estimate of drug-likeness (QED) is 0.756. The fourth-order valence-electron chi connectivity index (χ4n) is 2.31. The number of nitrogens with one attached hydrogen (secondary N) is 1. The molecule has 0 saturated carbocycles. The van der Waals surface area contributed by atoms with E-state index in [1.165, 1.54) is 7.11 Å². The van der Waals surface area contributed by atoms with Gasteiger partial charge in [-0.15, -0.1) is 0 Å². The number of rotatable bonds is 6. The van der Waals surface area contributed by atoms with Crippen LogP contribution in [0.1, 0.15) is 16.2 Å². The van der Waals surface area contributed by atoms with Gasteiger partial charge in [-0.3, -0.25) is 9.78 Å². The molecule has 6 heteroatoms. The van der Waals surface area contributed by atoms with Gasteiger partial charge in [0, 0.05) is 24.9 Å². The van der Waals surface area contributed by atoms with Gasteiger partial charge in [-0.05, 0) is 24.3 Å². The molecule has 0 fully saturated rings. The van der Waals surface area contributed by atoms with Crippen molar-refractivity contribution in [2.45, 2.75) is 6.42 Å². The third kappa shape index (κ3) is 3.60. The standard InChI is InChI=1S/C18H18N4O2/c1-24-16-13-22(15-8-3-2-4-9-15)21-17(16)18(23)20-12-10-14-7-5-6-11-19-14/h2-9,11,13H,10,12H2,1H3,(H,20,23). The summed E-state index contributed by atoms with van der Waals surface area (Å²) in [6.07, 6.45) is 4.10. The first kappa shape index (κ1) is 15.7. The molecule has 3 aromatic rings. The van der Waals surface area contributed by atoms with E-state index in [1.54, 1.807) is 17.1 Å². The van der Waals surface area contributed by atoms with E-state index in [0.717, 1.165) is 11.4 Å². The van der Waals surface area contributed by atoms with E-state index < -0.39 is 0 Å². The summed E-state index contributed by atoms with van der Waals surface area (Å²) in [5.41, 5.74) is 2.06. The molecule has 0 aliphatic carbocycles. The van der Waals surface area contributed by atoms with Crippen LogP contribution in [0.4, 0.5) is 0 Å². The van der Waals surface area contributed by atoms with Gasteiger partial charge in [-0.2, -0.15) is 5.10 Å². The number of amides is 1. The lowest BCUT2D eigenvalue weighted by Gasteiger charge is -2.04. The lowest BCUT2D eigenvalue weighted by atomic mass is 10.2. The zero-order valence-corrected chi connectivity index (χ0v) is 13.3. The maximum absolute atomic E-state index is 12.4. The number of pyridine rings is 1. The summed E-state index contributed by atoms with van der Waals surface area (Å²) in [5, 5.41) is 7.19. The number of methoxy groups -OCH3 is 1. The predicted octanol–water partition coefficient (Wildman–Crippen LogP) is 2.25. The van der Waals surface area contributed by atoms with Crippen molar-refractivity contribution < 1.29 is 9.53 Å². The Bertz CT molecular complexity index is 800. The highest BCUT2D eigenvalue weighted by atomic mass is 16.5. The van der Waals surface area contributed by atoms with Gasteiger partial charge in [0.1, 0.15) is 0 Å². The Hall–Kier alpha value is -3.15. The van der Waals surface area contributed by atoms with Crippen LogP contribution in [0.2, 0.25) is 0 Å². The van der Waals surface area contributed by atoms with E-state index in [4.69, 9.17) is 4.74 Å². The fraction of sp³-hybridized carbons (Fsp3) is 0.167. The molecule has 0 bridgehead atoms. The Labute approximate surface area is 140 Å². The summed E-state index contributed by atoms with van der Waals surface area (Å²) in [5.74, 6) is 0.173. The SMILES string of the molecule is COc1cn(-c2ccccc2)nc1C(=O)NCCc1ccccn1. The molecule has 24 heavy (non-hydrogen) atoms. The average Bonchev–Trinajstić information content (AvgIpc) is 3.08. The first-order valence-electron chi connectivity index (χ1n) is 7.65. The number of carbonyl (C=O) groups excluding carboxylic acids is 1. The molecule has 1 N–H and O–H groups in total. The maximum Gasteiger partial charge on any atom is 0.275 e. The van der Waals surface area contributed by atoms with E-state index in [0.29, 0.717) is 18.7 Å². The van der Waals surface area contributed by atoms with Crippen molar-refractivity contribution in [2.75, 3.05) is 13.7 Å². The summed E-state index contributed by atoms with van der Waals surface area (Å²) < 4.78 is 6.91. The number of hydrogen-bond donors (Lipinski definition) is 1. The van der Waals surface area contributed by atoms with Crippen LogP contribution in [0.5, 0.6) is 5.75 Å². The number of para-hydroxylation sites is 1. The highest BCUT2D eigenvalue weighted by molar-refractivity contribution is 5.94. The van der Waals surface area contributed by atoms with Gasteiger partial charge in [-0.1, -0.05) is 24.3 Å². The van der Waals surface area contributed by atoms with Crippen LogP contribution in [0.3, 0.4) is 0 Å². The summed E-state index contributed by atoms with van der Waals surface area (Å²) >= 11 is 0. The molecule has 1 aromatic carbocycles. The smallest absolute Gasteiger partial charge is 0.275 e. The third-order valence-electron chi connectivity index (χ3n) is 3.53. The van der Waals surface area contributed by atoms with Crippen molar-refractivity contribution in [2.24, 2.45) is 0 Å². The summed E-state index contributed by atoms with van der Waals surface area (Å²) in [6, 6.07) is 15.3. The Kier molecular flexibility index (Phi) is 4.86. The van der Waals surface area contributed by atoms with Crippen molar-refractivity contribution in [3.05, 3.63) is 72.3 Å². The Morgan fingerprint density at radius 3 is 2.67 bits per heavy atom. The highest BCUT2D eigenvalue weighted by Gasteiger charge is 2.17. The van der Waals surface area contributed by atoms with E-state index >= 15 is 0 Å². The second kappa shape index (κ2) is 7.41. The van der Waals surface area contributed by atoms with Crippen LogP contribution < -0.4 is 10.1 Å². The maximum atomic E-state index is 12.4. The minimum Gasteiger partial charge on any atom is -0.493 e. The van der Waals surface area contributed by atoms with Crippen molar-refractivity contribution >= 4 is 5.91 Å². The van der Waals surface area contributed by atoms with Crippen LogP contribution >= 0.6 is 0 Å². The van der Waals surface area contributed by atoms with E-state index in [2.05, 4.69) is 15.4 Å². The van der Waals surface area contributed by atoms with E-state index in [1.807, 2.05) is 48.5 Å². The van der Waals surface area contributed by atoms with Gasteiger partial charge < -0.3 is 10.1 Å². The number of carbonyl (C=O) groups is 1. The second-order valence-corrected chi connectivity index (χ2v) is 5.15. The topological polar surface area (TPSA) is 69.0 Å². The molecular weight excluding hydrogens is 304 g/mol. The molecule has 6 nitrogen and oxygen atoms in total. The molecule has 122 valence electrons. The third-order valence-corrected chi connectivity index (χ3v) is 3.53. The lowest BCUT2D eigenvalue weighted by Crippen LogP contribution is -2.26. The monoisotopic (exact) mass is 322 g/mol. The van der Waals surface area contributed by atoms with Crippen molar-refractivity contribution in [1.29, 1.82) is 0 Å². The molecule has 1 amide bonds. The van der Waals surface area contributed by atoms with Gasteiger partial charge in [0.2, 0.25) is 0 Å². The van der Waals surface area contributed by atoms with Crippen LogP contribution in [-0.2, 0) is 6.42 Å². The fourth-order valence-corrected chi connectivity index (χ4v) is 2.31. The zero-order valence-electron chi connectivity index (χ0n) is 13.3. The largest absolute Gasteiger partial charge is 0.493 e. The molecule has 2 aromatic heterocycles. The van der Waals surface area contributed by atoms with E-state index in [-0.39, 0.29) is 11.6 Å². The number of benzene rings is 1. The van der Waals surface area contributed by atoms with Gasteiger partial charge in [0.25, 0.3) is 5.91 Å². The summed E-state index contributed by atoms with van der Waals surface area (Å²) in [4.78, 5) is 16.6. The van der Waals surface area contributed by atoms with Crippen LogP contribution in [-0.4, -0.2) is 34.3 Å². The molecule has 0 saturated heterocycles. The molecule has 0 radical (unpaired) electrons. The molecule has 0 aliphatic heterocycles. The highest BCUT2D eigenvalue weighted by Crippen LogP contribution is 2.19. The number of hydrogen-bond acceptors (Lipinski definition) is 4. The average molecular weight is 322 g/mol. The molecule has 3 rings (SSSR count). The second-order valence-electron chi connectivity index (χ2n) is 5.15. The molecule has 0 spiro atoms. The normalized spacial score (nSPS) is 10.4. The van der Waals surface area contributed by atoms with E-state index in [9.17, 15) is 4.79 Å². The molecule has 0 aliphatic rings. The lowest BCUT2D eigenvalue weighted by molar-refractivity contribution is 0.0945. The zero-order chi connectivity index (χ0) is 16.8. The van der Waals surface area contributed by atoms with Crippen LogP contribution in [0.15, 0.2) is 60.9 Å². The van der Waals surface area contributed by atoms with Crippen LogP contribution in [0.25, 0.3) is 5.69 Å². The first-order chi connectivity index (χ1) is 11.8. The Morgan fingerprint density at radius 1 is 1.17 bits per heavy atom. The van der Waals surface area contributed by atoms with Gasteiger partial charge >= 0.3 is 0 Å². The van der Waals surface area contributed by atoms with Crippen molar-refractivity contribution in [1.82, 2.24) is 20.1 Å². The number of ether oxygens (including phenoxy) is 1.